The van der Waals surface area contributed by atoms with Crippen molar-refractivity contribution in [2.24, 2.45) is 11.8 Å². The molecule has 5 aromatic rings. The van der Waals surface area contributed by atoms with Crippen molar-refractivity contribution >= 4 is 22.9 Å². The van der Waals surface area contributed by atoms with Crippen LogP contribution in [0.5, 0.6) is 0 Å². The molecule has 0 radical (unpaired) electrons. The molecule has 11 heteroatoms. The van der Waals surface area contributed by atoms with E-state index in [1.807, 2.05) is 54.6 Å². The summed E-state index contributed by atoms with van der Waals surface area (Å²) < 4.78 is 7.47. The fourth-order valence-electron chi connectivity index (χ4n) is 6.92. The van der Waals surface area contributed by atoms with Gasteiger partial charge in [0.05, 0.1) is 12.9 Å². The molecule has 5 N–H and O–H groups in total. The third-order valence-electron chi connectivity index (χ3n) is 9.51. The highest BCUT2D eigenvalue weighted by Gasteiger charge is 2.44. The molecule has 11 nitrogen and oxygen atoms in total. The minimum absolute atomic E-state index is 0.0224. The van der Waals surface area contributed by atoms with Gasteiger partial charge in [-0.3, -0.25) is 4.57 Å². The van der Waals surface area contributed by atoms with Gasteiger partial charge in [0, 0.05) is 38.1 Å². The van der Waals surface area contributed by atoms with E-state index in [4.69, 9.17) is 14.7 Å². The van der Waals surface area contributed by atoms with E-state index >= 15 is 0 Å². The number of aromatic nitrogens is 4. The molecule has 0 spiro atoms. The maximum Gasteiger partial charge on any atom is 0.229 e. The number of imidazole rings is 1. The zero-order chi connectivity index (χ0) is 32.3. The number of aliphatic hydroxyl groups excluding tert-OH is 4. The summed E-state index contributed by atoms with van der Waals surface area (Å²) in [5.74, 6) is 1.26. The fraction of sp³-hybridized carbons (Fsp3) is 0.361. The summed E-state index contributed by atoms with van der Waals surface area (Å²) in [5, 5.41) is 45.0. The van der Waals surface area contributed by atoms with Crippen LogP contribution in [0.4, 0.5) is 11.8 Å². The highest BCUT2D eigenvalue weighted by atomic mass is 16.6. The van der Waals surface area contributed by atoms with Crippen LogP contribution < -0.4 is 10.2 Å². The Kier molecular flexibility index (Phi) is 9.14. The zero-order valence-corrected chi connectivity index (χ0v) is 26.0. The normalized spacial score (nSPS) is 24.4. The van der Waals surface area contributed by atoms with E-state index in [2.05, 4.69) is 51.6 Å². The summed E-state index contributed by atoms with van der Waals surface area (Å²) in [6, 6.07) is 30.9. The van der Waals surface area contributed by atoms with E-state index in [0.717, 1.165) is 17.5 Å². The van der Waals surface area contributed by atoms with Gasteiger partial charge in [-0.1, -0.05) is 91.0 Å². The van der Waals surface area contributed by atoms with Gasteiger partial charge in [0.25, 0.3) is 0 Å². The van der Waals surface area contributed by atoms with E-state index in [1.54, 1.807) is 4.57 Å². The minimum atomic E-state index is -1.29. The van der Waals surface area contributed by atoms with E-state index < -0.39 is 31.1 Å². The number of anilines is 2. The summed E-state index contributed by atoms with van der Waals surface area (Å²) in [5.41, 5.74) is 4.44. The number of benzene rings is 3. The van der Waals surface area contributed by atoms with Gasteiger partial charge in [-0.25, -0.2) is 4.98 Å². The number of ether oxygens (including phenoxy) is 1. The first-order valence-electron chi connectivity index (χ1n) is 16.1. The van der Waals surface area contributed by atoms with Crippen LogP contribution >= 0.6 is 0 Å². The number of fused-ring (bicyclic) bond motifs is 1. The molecule has 3 aromatic carbocycles. The number of rotatable bonds is 11. The van der Waals surface area contributed by atoms with Crippen molar-refractivity contribution in [3.8, 4) is 0 Å². The van der Waals surface area contributed by atoms with E-state index in [9.17, 15) is 20.4 Å². The topological polar surface area (TPSA) is 149 Å². The van der Waals surface area contributed by atoms with Crippen LogP contribution in [0.25, 0.3) is 11.2 Å². The second-order valence-corrected chi connectivity index (χ2v) is 12.5. The molecule has 0 aliphatic carbocycles. The molecule has 2 aliphatic rings. The van der Waals surface area contributed by atoms with Gasteiger partial charge in [-0.2, -0.15) is 9.97 Å². The highest BCUT2D eigenvalue weighted by Crippen LogP contribution is 2.35. The first-order chi connectivity index (χ1) is 23.0. The van der Waals surface area contributed by atoms with Crippen molar-refractivity contribution in [1.29, 1.82) is 0 Å². The molecule has 0 saturated carbocycles. The largest absolute Gasteiger partial charge is 0.396 e. The second kappa shape index (κ2) is 13.8. The molecule has 2 saturated heterocycles. The molecular formula is C36H40N6O5. The number of nitrogens with zero attached hydrogens (tertiary/aromatic N) is 5. The maximum absolute atomic E-state index is 10.9. The summed E-state index contributed by atoms with van der Waals surface area (Å²) in [4.78, 5) is 16.7. The lowest BCUT2D eigenvalue weighted by atomic mass is 9.90. The Bertz CT molecular complexity index is 1720. The molecule has 0 unspecified atom stereocenters. The van der Waals surface area contributed by atoms with Gasteiger partial charge in [0.2, 0.25) is 5.95 Å². The predicted octanol–water partition coefficient (Wildman–Crippen LogP) is 2.97. The van der Waals surface area contributed by atoms with Gasteiger partial charge >= 0.3 is 0 Å². The Hall–Kier alpha value is -4.39. The fourth-order valence-corrected chi connectivity index (χ4v) is 6.92. The molecule has 244 valence electrons. The number of hydrogen-bond donors (Lipinski definition) is 5. The van der Waals surface area contributed by atoms with Crippen molar-refractivity contribution in [3.05, 3.63) is 114 Å². The molecule has 7 rings (SSSR count). The van der Waals surface area contributed by atoms with Gasteiger partial charge in [-0.05, 0) is 29.0 Å². The van der Waals surface area contributed by atoms with Crippen LogP contribution in [-0.2, 0) is 11.2 Å². The first kappa shape index (κ1) is 31.2. The summed E-state index contributed by atoms with van der Waals surface area (Å²) in [7, 11) is 0. The zero-order valence-electron chi connectivity index (χ0n) is 26.0. The van der Waals surface area contributed by atoms with Crippen molar-refractivity contribution in [2.75, 3.05) is 43.1 Å². The highest BCUT2D eigenvalue weighted by molar-refractivity contribution is 5.84. The average Bonchev–Trinajstić information content (AvgIpc) is 3.81. The van der Waals surface area contributed by atoms with E-state index in [-0.39, 0.29) is 24.4 Å². The van der Waals surface area contributed by atoms with Gasteiger partial charge in [0.15, 0.2) is 23.2 Å². The monoisotopic (exact) mass is 636 g/mol. The van der Waals surface area contributed by atoms with Crippen LogP contribution in [0.1, 0.15) is 28.8 Å². The molecule has 2 aromatic heterocycles. The molecule has 2 fully saturated rings. The van der Waals surface area contributed by atoms with Crippen molar-refractivity contribution in [1.82, 2.24) is 19.5 Å². The Labute approximate surface area is 273 Å². The lowest BCUT2D eigenvalue weighted by molar-refractivity contribution is -0.0511. The molecule has 0 amide bonds. The molecule has 47 heavy (non-hydrogen) atoms. The number of nitrogens with one attached hydrogen (secondary N) is 1. The van der Waals surface area contributed by atoms with Crippen LogP contribution in [0, 0.1) is 11.8 Å². The van der Waals surface area contributed by atoms with E-state index in [1.165, 1.54) is 11.9 Å². The van der Waals surface area contributed by atoms with Crippen molar-refractivity contribution in [2.45, 2.75) is 36.9 Å². The third kappa shape index (κ3) is 6.32. The maximum atomic E-state index is 10.9. The minimum Gasteiger partial charge on any atom is -0.396 e. The van der Waals surface area contributed by atoms with Crippen LogP contribution in [0.3, 0.4) is 0 Å². The van der Waals surface area contributed by atoms with Gasteiger partial charge < -0.3 is 35.4 Å². The quantitative estimate of drug-likeness (QED) is 0.147. The number of aliphatic hydroxyl groups is 4. The lowest BCUT2D eigenvalue weighted by Gasteiger charge is -2.22. The van der Waals surface area contributed by atoms with Crippen LogP contribution in [0.2, 0.25) is 0 Å². The Morgan fingerprint density at radius 1 is 0.787 bits per heavy atom. The Balaban J connectivity index is 1.25. The standard InChI is InChI=1S/C36H40N6O5/c43-20-27-19-41(18-26(27)16-23-10-4-1-5-11-23)36-39-33(37-17-28(24-12-6-2-7-13-24)25-14-8-3-9-15-25)30-34(40-36)42(22-38-30)35-32(46)31(45)29(21-44)47-35/h1-15,22,26-29,31-32,35,43-46H,16-21H2,(H,37,39,40)/t26-,27+,29+,31+,32+,35+/m0/s1. The van der Waals surface area contributed by atoms with Gasteiger partial charge in [-0.15, -0.1) is 0 Å². The number of hydrogen-bond acceptors (Lipinski definition) is 10. The van der Waals surface area contributed by atoms with Crippen molar-refractivity contribution < 1.29 is 25.2 Å². The van der Waals surface area contributed by atoms with Crippen molar-refractivity contribution in [3.63, 3.8) is 0 Å². The van der Waals surface area contributed by atoms with Crippen LogP contribution in [0.15, 0.2) is 97.3 Å². The van der Waals surface area contributed by atoms with Crippen LogP contribution in [-0.4, -0.2) is 91.1 Å². The molecular weight excluding hydrogens is 596 g/mol. The first-order valence-corrected chi connectivity index (χ1v) is 16.1. The lowest BCUT2D eigenvalue weighted by Crippen LogP contribution is -2.33. The second-order valence-electron chi connectivity index (χ2n) is 12.5. The molecule has 0 bridgehead atoms. The molecule has 2 aliphatic heterocycles. The summed E-state index contributed by atoms with van der Waals surface area (Å²) in [6.45, 7) is 1.38. The van der Waals surface area contributed by atoms with Gasteiger partial charge in [0.1, 0.15) is 18.3 Å². The third-order valence-corrected chi connectivity index (χ3v) is 9.51. The SMILES string of the molecule is OC[C@H]1CN(c2nc(NCC(c3ccccc3)c3ccccc3)c3ncn([C@@H]4O[C@H](CO)[C@@H](O)[C@H]4O)c3n2)C[C@@H]1Cc1ccccc1. The summed E-state index contributed by atoms with van der Waals surface area (Å²) in [6.07, 6.45) is -2.14. The van der Waals surface area contributed by atoms with E-state index in [0.29, 0.717) is 42.6 Å². The Morgan fingerprint density at radius 2 is 1.43 bits per heavy atom. The predicted molar refractivity (Wildman–Crippen MR) is 178 cm³/mol. The summed E-state index contributed by atoms with van der Waals surface area (Å²) >= 11 is 0. The smallest absolute Gasteiger partial charge is 0.229 e. The average molecular weight is 637 g/mol. The molecule has 6 atom stereocenters. The molecule has 4 heterocycles. The Morgan fingerprint density at radius 3 is 2.04 bits per heavy atom.